The lowest BCUT2D eigenvalue weighted by Crippen LogP contribution is -2.30. The number of ether oxygens (including phenoxy) is 2. The number of anilines is 1. The molecule has 8 nitrogen and oxygen atoms in total. The average molecular weight is 434 g/mol. The van der Waals surface area contributed by atoms with Gasteiger partial charge in [0, 0.05) is 17.6 Å². The summed E-state index contributed by atoms with van der Waals surface area (Å²) in [6.45, 7) is 7.42. The predicted octanol–water partition coefficient (Wildman–Crippen LogP) is 3.28. The second-order valence-electron chi connectivity index (χ2n) is 7.58. The highest BCUT2D eigenvalue weighted by atomic mass is 32.1. The fourth-order valence-electron chi connectivity index (χ4n) is 3.45. The van der Waals surface area contributed by atoms with Crippen molar-refractivity contribution in [3.05, 3.63) is 33.5 Å². The van der Waals surface area contributed by atoms with Crippen LogP contribution in [0.1, 0.15) is 64.0 Å². The summed E-state index contributed by atoms with van der Waals surface area (Å²) in [5.74, 6) is -1.02. The monoisotopic (exact) mass is 433 g/mol. The fourth-order valence-corrected chi connectivity index (χ4v) is 4.85. The number of amides is 1. The van der Waals surface area contributed by atoms with Gasteiger partial charge in [0.1, 0.15) is 10.6 Å². The van der Waals surface area contributed by atoms with E-state index in [2.05, 4.69) is 17.3 Å². The minimum atomic E-state index is -1.04. The van der Waals surface area contributed by atoms with Crippen LogP contribution in [0.5, 0.6) is 0 Å². The van der Waals surface area contributed by atoms with E-state index >= 15 is 0 Å². The maximum Gasteiger partial charge on any atom is 0.342 e. The molecule has 1 aliphatic carbocycles. The Hall–Kier alpha value is -2.68. The van der Waals surface area contributed by atoms with Crippen LogP contribution in [0.15, 0.2) is 6.20 Å². The minimum Gasteiger partial charge on any atom is -0.462 e. The Kier molecular flexibility index (Phi) is 6.60. The number of carbonyl (C=O) groups excluding carboxylic acids is 3. The molecule has 0 aromatic carbocycles. The van der Waals surface area contributed by atoms with Crippen molar-refractivity contribution < 1.29 is 23.9 Å². The number of esters is 2. The molecule has 0 spiro atoms. The summed E-state index contributed by atoms with van der Waals surface area (Å²) >= 11 is 1.40. The number of rotatable bonds is 6. The van der Waals surface area contributed by atoms with Crippen molar-refractivity contribution in [2.24, 2.45) is 13.0 Å². The topological polar surface area (TPSA) is 99.5 Å². The van der Waals surface area contributed by atoms with E-state index in [0.717, 1.165) is 29.7 Å². The smallest absolute Gasteiger partial charge is 0.342 e. The summed E-state index contributed by atoms with van der Waals surface area (Å²) in [4.78, 5) is 38.8. The van der Waals surface area contributed by atoms with Gasteiger partial charge in [-0.3, -0.25) is 9.48 Å². The van der Waals surface area contributed by atoms with Crippen molar-refractivity contribution in [1.29, 1.82) is 0 Å². The third-order valence-corrected chi connectivity index (χ3v) is 6.51. The Labute approximate surface area is 179 Å². The van der Waals surface area contributed by atoms with E-state index in [4.69, 9.17) is 9.47 Å². The Bertz CT molecular complexity index is 978. The van der Waals surface area contributed by atoms with Crippen LogP contribution in [0.2, 0.25) is 0 Å². The highest BCUT2D eigenvalue weighted by Gasteiger charge is 2.30. The fraction of sp³-hybridized carbons (Fsp3) is 0.524. The van der Waals surface area contributed by atoms with Gasteiger partial charge >= 0.3 is 11.9 Å². The minimum absolute atomic E-state index is 0.256. The van der Waals surface area contributed by atoms with Crippen LogP contribution in [0, 0.1) is 12.8 Å². The van der Waals surface area contributed by atoms with E-state index in [1.165, 1.54) is 24.5 Å². The molecule has 0 bridgehead atoms. The molecule has 0 radical (unpaired) electrons. The number of aromatic nitrogens is 2. The number of thiophene rings is 1. The van der Waals surface area contributed by atoms with Crippen LogP contribution in [0.25, 0.3) is 0 Å². The van der Waals surface area contributed by atoms with Gasteiger partial charge < -0.3 is 14.8 Å². The molecule has 0 aliphatic heterocycles. The lowest BCUT2D eigenvalue weighted by molar-refractivity contribution is -0.123. The number of nitrogens with zero attached hydrogens (tertiary/aromatic N) is 2. The third-order valence-electron chi connectivity index (χ3n) is 5.34. The molecule has 1 amide bonds. The first kappa shape index (κ1) is 22.0. The first-order valence-corrected chi connectivity index (χ1v) is 10.9. The summed E-state index contributed by atoms with van der Waals surface area (Å²) in [5.41, 5.74) is 2.35. The van der Waals surface area contributed by atoms with Gasteiger partial charge in [-0.05, 0) is 51.5 Å². The molecular formula is C21H27N3O5S. The van der Waals surface area contributed by atoms with Gasteiger partial charge in [-0.1, -0.05) is 6.92 Å². The molecule has 0 saturated heterocycles. The van der Waals surface area contributed by atoms with Gasteiger partial charge in [0.2, 0.25) is 0 Å². The SMILES string of the molecule is CCOC(=O)c1c(NC(=O)[C@@H](C)OC(=O)c2cnn(C)c2C)sc2c1CC[C@@H](C)C2. The zero-order chi connectivity index (χ0) is 22.0. The van der Waals surface area contributed by atoms with Gasteiger partial charge in [0.25, 0.3) is 5.91 Å². The Morgan fingerprint density at radius 3 is 2.73 bits per heavy atom. The van der Waals surface area contributed by atoms with Gasteiger partial charge in [-0.15, -0.1) is 11.3 Å². The Balaban J connectivity index is 1.77. The predicted molar refractivity (Wildman–Crippen MR) is 113 cm³/mol. The summed E-state index contributed by atoms with van der Waals surface area (Å²) in [6.07, 6.45) is 3.01. The molecule has 162 valence electrons. The molecule has 0 unspecified atom stereocenters. The lowest BCUT2D eigenvalue weighted by atomic mass is 9.88. The van der Waals surface area contributed by atoms with Crippen molar-refractivity contribution in [3.8, 4) is 0 Å². The zero-order valence-corrected chi connectivity index (χ0v) is 18.7. The van der Waals surface area contributed by atoms with Crippen molar-refractivity contribution in [1.82, 2.24) is 9.78 Å². The van der Waals surface area contributed by atoms with E-state index in [0.29, 0.717) is 27.7 Å². The van der Waals surface area contributed by atoms with Crippen molar-refractivity contribution >= 4 is 34.2 Å². The molecule has 2 atom stereocenters. The molecule has 9 heteroatoms. The quantitative estimate of drug-likeness (QED) is 0.702. The number of hydrogen-bond acceptors (Lipinski definition) is 7. The van der Waals surface area contributed by atoms with Gasteiger partial charge in [0.15, 0.2) is 6.10 Å². The normalized spacial score (nSPS) is 16.5. The van der Waals surface area contributed by atoms with Crippen molar-refractivity contribution in [3.63, 3.8) is 0 Å². The summed E-state index contributed by atoms with van der Waals surface area (Å²) < 4.78 is 12.1. The molecule has 2 aromatic heterocycles. The molecule has 0 saturated carbocycles. The van der Waals surface area contributed by atoms with Crippen molar-refractivity contribution in [2.75, 3.05) is 11.9 Å². The number of hydrogen-bond donors (Lipinski definition) is 1. The Morgan fingerprint density at radius 1 is 1.37 bits per heavy atom. The Morgan fingerprint density at radius 2 is 2.10 bits per heavy atom. The summed E-state index contributed by atoms with van der Waals surface area (Å²) in [5, 5.41) is 7.25. The van der Waals surface area contributed by atoms with Crippen LogP contribution in [0.3, 0.4) is 0 Å². The van der Waals surface area contributed by atoms with Gasteiger partial charge in [-0.2, -0.15) is 5.10 Å². The van der Waals surface area contributed by atoms with Crippen LogP contribution < -0.4 is 5.32 Å². The van der Waals surface area contributed by atoms with E-state index in [1.807, 2.05) is 0 Å². The molecule has 1 aliphatic rings. The first-order valence-electron chi connectivity index (χ1n) is 10.0. The molecule has 0 fully saturated rings. The maximum absolute atomic E-state index is 12.7. The number of fused-ring (bicyclic) bond motifs is 1. The number of nitrogens with one attached hydrogen (secondary N) is 1. The summed E-state index contributed by atoms with van der Waals surface area (Å²) in [6, 6.07) is 0. The molecule has 2 aromatic rings. The standard InChI is InChI=1S/C21H27N3O5S/c1-6-28-21(27)17-14-8-7-11(2)9-16(14)30-19(17)23-18(25)13(4)29-20(26)15-10-22-24(5)12(15)3/h10-11,13H,6-9H2,1-5H3,(H,23,25)/t11-,13-/m1/s1. The largest absolute Gasteiger partial charge is 0.462 e. The molecule has 3 rings (SSSR count). The number of carbonyl (C=O) groups is 3. The second kappa shape index (κ2) is 8.99. The average Bonchev–Trinajstić information content (AvgIpc) is 3.21. The van der Waals surface area contributed by atoms with Gasteiger partial charge in [0.05, 0.1) is 18.4 Å². The van der Waals surface area contributed by atoms with Crippen molar-refractivity contribution in [2.45, 2.75) is 53.1 Å². The third kappa shape index (κ3) is 4.40. The van der Waals surface area contributed by atoms with Crippen LogP contribution in [-0.2, 0) is 34.2 Å². The van der Waals surface area contributed by atoms with Crippen LogP contribution in [-0.4, -0.2) is 40.3 Å². The van der Waals surface area contributed by atoms with E-state index in [-0.39, 0.29) is 6.61 Å². The maximum atomic E-state index is 12.7. The highest BCUT2D eigenvalue weighted by molar-refractivity contribution is 7.17. The van der Waals surface area contributed by atoms with E-state index in [9.17, 15) is 14.4 Å². The molecule has 2 heterocycles. The highest BCUT2D eigenvalue weighted by Crippen LogP contribution is 2.40. The van der Waals surface area contributed by atoms with E-state index < -0.39 is 23.9 Å². The van der Waals surface area contributed by atoms with E-state index in [1.54, 1.807) is 25.6 Å². The molecule has 30 heavy (non-hydrogen) atoms. The second-order valence-corrected chi connectivity index (χ2v) is 8.69. The van der Waals surface area contributed by atoms with Crippen LogP contribution in [0.4, 0.5) is 5.00 Å². The zero-order valence-electron chi connectivity index (χ0n) is 17.9. The van der Waals surface area contributed by atoms with Crippen LogP contribution >= 0.6 is 11.3 Å². The first-order chi connectivity index (χ1) is 14.2. The molecular weight excluding hydrogens is 406 g/mol. The van der Waals surface area contributed by atoms with Gasteiger partial charge in [-0.25, -0.2) is 9.59 Å². The molecule has 1 N–H and O–H groups in total. The lowest BCUT2D eigenvalue weighted by Gasteiger charge is -2.18. The number of aryl methyl sites for hydroxylation is 1. The summed E-state index contributed by atoms with van der Waals surface area (Å²) in [7, 11) is 1.72.